The molecule has 0 bridgehead atoms. The van der Waals surface area contributed by atoms with E-state index >= 15 is 0 Å². The lowest BCUT2D eigenvalue weighted by Crippen LogP contribution is -2.32. The van der Waals surface area contributed by atoms with Crippen LogP contribution in [0.3, 0.4) is 0 Å². The second kappa shape index (κ2) is 9.35. The predicted molar refractivity (Wildman–Crippen MR) is 87.8 cm³/mol. The van der Waals surface area contributed by atoms with Crippen LogP contribution >= 0.6 is 0 Å². The van der Waals surface area contributed by atoms with E-state index in [0.29, 0.717) is 19.4 Å². The summed E-state index contributed by atoms with van der Waals surface area (Å²) in [5.74, 6) is -1.58. The van der Waals surface area contributed by atoms with Gasteiger partial charge in [-0.3, -0.25) is 4.79 Å². The van der Waals surface area contributed by atoms with Crippen molar-refractivity contribution in [1.82, 2.24) is 5.32 Å². The molecule has 0 saturated heterocycles. The number of hydrogen-bond donors (Lipinski definition) is 1. The normalized spacial score (nSPS) is 11.2. The van der Waals surface area contributed by atoms with Crippen molar-refractivity contribution in [3.63, 3.8) is 0 Å². The van der Waals surface area contributed by atoms with Gasteiger partial charge in [0.2, 0.25) is 0 Å². The maximum Gasteiger partial charge on any atom is 0.407 e. The Bertz CT molecular complexity index is 548. The van der Waals surface area contributed by atoms with E-state index in [9.17, 15) is 18.4 Å². The molecular weight excluding hydrogens is 316 g/mol. The molecule has 0 spiro atoms. The minimum atomic E-state index is -0.690. The topological polar surface area (TPSA) is 55.4 Å². The van der Waals surface area contributed by atoms with Crippen LogP contribution in [-0.4, -0.2) is 24.0 Å². The molecule has 0 aliphatic rings. The van der Waals surface area contributed by atoms with E-state index in [1.54, 1.807) is 20.8 Å². The van der Waals surface area contributed by atoms with Crippen molar-refractivity contribution in [2.45, 2.75) is 58.5 Å². The molecule has 1 rings (SSSR count). The standard InChI is InChI=1S/C18H25F2NO3/c1-18(2,3)24-17(23)21-11-6-4-5-8-13(22)12-14-15(19)9-7-10-16(14)20/h7,9-10H,4-6,8,11-12H2,1-3H3,(H,21,23). The molecule has 24 heavy (non-hydrogen) atoms. The number of ether oxygens (including phenoxy) is 1. The van der Waals surface area contributed by atoms with Gasteiger partial charge in [-0.05, 0) is 45.7 Å². The van der Waals surface area contributed by atoms with Gasteiger partial charge in [0.1, 0.15) is 23.0 Å². The predicted octanol–water partition coefficient (Wildman–Crippen LogP) is 4.16. The summed E-state index contributed by atoms with van der Waals surface area (Å²) in [5, 5.41) is 2.64. The molecule has 1 amide bonds. The molecule has 6 heteroatoms. The van der Waals surface area contributed by atoms with Crippen LogP contribution in [-0.2, 0) is 16.0 Å². The zero-order chi connectivity index (χ0) is 18.2. The second-order valence-electron chi connectivity index (χ2n) is 6.65. The minimum absolute atomic E-state index is 0.172. The Hall–Kier alpha value is -1.98. The number of amides is 1. The van der Waals surface area contributed by atoms with E-state index in [1.807, 2.05) is 0 Å². The highest BCUT2D eigenvalue weighted by Crippen LogP contribution is 2.14. The average molecular weight is 341 g/mol. The quantitative estimate of drug-likeness (QED) is 0.722. The number of halogens is 2. The molecule has 1 aromatic rings. The fourth-order valence-corrected chi connectivity index (χ4v) is 2.12. The molecule has 0 heterocycles. The van der Waals surface area contributed by atoms with Crippen LogP contribution in [0.15, 0.2) is 18.2 Å². The van der Waals surface area contributed by atoms with Gasteiger partial charge in [-0.1, -0.05) is 12.5 Å². The number of ketones is 1. The van der Waals surface area contributed by atoms with E-state index in [1.165, 1.54) is 6.07 Å². The summed E-state index contributed by atoms with van der Waals surface area (Å²) in [4.78, 5) is 23.2. The first-order chi connectivity index (χ1) is 11.2. The van der Waals surface area contributed by atoms with Gasteiger partial charge in [-0.15, -0.1) is 0 Å². The van der Waals surface area contributed by atoms with Crippen LogP contribution < -0.4 is 5.32 Å². The van der Waals surface area contributed by atoms with Gasteiger partial charge >= 0.3 is 6.09 Å². The maximum absolute atomic E-state index is 13.4. The van der Waals surface area contributed by atoms with Crippen molar-refractivity contribution < 1.29 is 23.1 Å². The van der Waals surface area contributed by atoms with Crippen molar-refractivity contribution in [3.8, 4) is 0 Å². The largest absolute Gasteiger partial charge is 0.444 e. The van der Waals surface area contributed by atoms with Gasteiger partial charge in [-0.2, -0.15) is 0 Å². The van der Waals surface area contributed by atoms with Crippen LogP contribution in [0.1, 0.15) is 52.0 Å². The molecule has 134 valence electrons. The summed E-state index contributed by atoms with van der Waals surface area (Å²) in [6, 6.07) is 3.57. The SMILES string of the molecule is CC(C)(C)OC(=O)NCCCCCC(=O)Cc1c(F)cccc1F. The highest BCUT2D eigenvalue weighted by Gasteiger charge is 2.15. The van der Waals surface area contributed by atoms with Crippen molar-refractivity contribution in [2.75, 3.05) is 6.54 Å². The Morgan fingerprint density at radius 2 is 1.71 bits per heavy atom. The van der Waals surface area contributed by atoms with Crippen molar-refractivity contribution >= 4 is 11.9 Å². The van der Waals surface area contributed by atoms with Crippen LogP contribution in [0.4, 0.5) is 13.6 Å². The first kappa shape index (κ1) is 20.1. The molecule has 1 aromatic carbocycles. The van der Waals surface area contributed by atoms with Gasteiger partial charge in [-0.25, -0.2) is 13.6 Å². The fourth-order valence-electron chi connectivity index (χ4n) is 2.12. The summed E-state index contributed by atoms with van der Waals surface area (Å²) in [6.45, 7) is 5.83. The highest BCUT2D eigenvalue weighted by molar-refractivity contribution is 5.80. The molecule has 0 radical (unpaired) electrons. The third-order valence-electron chi connectivity index (χ3n) is 3.24. The number of hydrogen-bond acceptors (Lipinski definition) is 3. The number of rotatable bonds is 8. The summed E-state index contributed by atoms with van der Waals surface area (Å²) in [6.07, 6.45) is 1.63. The van der Waals surface area contributed by atoms with E-state index in [0.717, 1.165) is 18.6 Å². The number of carbonyl (C=O) groups excluding carboxylic acids is 2. The van der Waals surface area contributed by atoms with Crippen LogP contribution in [0, 0.1) is 11.6 Å². The number of benzene rings is 1. The molecule has 1 N–H and O–H groups in total. The van der Waals surface area contributed by atoms with E-state index in [4.69, 9.17) is 4.74 Å². The summed E-state index contributed by atoms with van der Waals surface area (Å²) >= 11 is 0. The minimum Gasteiger partial charge on any atom is -0.444 e. The third kappa shape index (κ3) is 8.04. The Balaban J connectivity index is 2.17. The number of alkyl carbamates (subject to hydrolysis) is 1. The summed E-state index contributed by atoms with van der Waals surface area (Å²) in [7, 11) is 0. The maximum atomic E-state index is 13.4. The molecule has 4 nitrogen and oxygen atoms in total. The Morgan fingerprint density at radius 3 is 2.29 bits per heavy atom. The van der Waals surface area contributed by atoms with Crippen LogP contribution in [0.5, 0.6) is 0 Å². The molecular formula is C18H25F2NO3. The highest BCUT2D eigenvalue weighted by atomic mass is 19.1. The smallest absolute Gasteiger partial charge is 0.407 e. The molecule has 0 aliphatic carbocycles. The Morgan fingerprint density at radius 1 is 1.08 bits per heavy atom. The van der Waals surface area contributed by atoms with Crippen molar-refractivity contribution in [2.24, 2.45) is 0 Å². The van der Waals surface area contributed by atoms with E-state index in [2.05, 4.69) is 5.32 Å². The molecule has 0 saturated carbocycles. The Labute approximate surface area is 141 Å². The number of unbranched alkanes of at least 4 members (excludes halogenated alkanes) is 2. The van der Waals surface area contributed by atoms with Crippen LogP contribution in [0.25, 0.3) is 0 Å². The number of carbonyl (C=O) groups is 2. The molecule has 0 atom stereocenters. The van der Waals surface area contributed by atoms with E-state index in [-0.39, 0.29) is 24.2 Å². The molecule has 0 aromatic heterocycles. The molecule has 0 aliphatic heterocycles. The van der Waals surface area contributed by atoms with Crippen molar-refractivity contribution in [3.05, 3.63) is 35.4 Å². The first-order valence-electron chi connectivity index (χ1n) is 8.10. The first-order valence-corrected chi connectivity index (χ1v) is 8.10. The van der Waals surface area contributed by atoms with Crippen LogP contribution in [0.2, 0.25) is 0 Å². The van der Waals surface area contributed by atoms with E-state index < -0.39 is 23.3 Å². The number of nitrogens with one attached hydrogen (secondary N) is 1. The monoisotopic (exact) mass is 341 g/mol. The summed E-state index contributed by atoms with van der Waals surface area (Å²) < 4.78 is 32.0. The number of Topliss-reactive ketones (excluding diaryl/α,β-unsaturated/α-hetero) is 1. The lowest BCUT2D eigenvalue weighted by atomic mass is 10.0. The molecule has 0 fully saturated rings. The van der Waals surface area contributed by atoms with Gasteiger partial charge in [0, 0.05) is 24.9 Å². The molecule has 0 unspecified atom stereocenters. The lowest BCUT2D eigenvalue weighted by Gasteiger charge is -2.19. The average Bonchev–Trinajstić information content (AvgIpc) is 2.45. The summed E-state index contributed by atoms with van der Waals surface area (Å²) in [5.41, 5.74) is -0.701. The Kier molecular flexibility index (Phi) is 7.82. The second-order valence-corrected chi connectivity index (χ2v) is 6.65. The van der Waals surface area contributed by atoms with Gasteiger partial charge < -0.3 is 10.1 Å². The lowest BCUT2D eigenvalue weighted by molar-refractivity contribution is -0.118. The zero-order valence-corrected chi connectivity index (χ0v) is 14.5. The fraction of sp³-hybridized carbons (Fsp3) is 0.556. The van der Waals surface area contributed by atoms with Gasteiger partial charge in [0.05, 0.1) is 0 Å². The zero-order valence-electron chi connectivity index (χ0n) is 14.5. The third-order valence-corrected chi connectivity index (χ3v) is 3.24. The van der Waals surface area contributed by atoms with Crippen molar-refractivity contribution in [1.29, 1.82) is 0 Å². The van der Waals surface area contributed by atoms with Gasteiger partial charge in [0.25, 0.3) is 0 Å². The van der Waals surface area contributed by atoms with Gasteiger partial charge in [0.15, 0.2) is 0 Å².